The maximum Gasteiger partial charge on any atom is 0.407 e. The van der Waals surface area contributed by atoms with Gasteiger partial charge in [-0.1, -0.05) is 90.1 Å². The molecular formula is C35H62N2O5. The molecule has 1 saturated carbocycles. The van der Waals surface area contributed by atoms with Crippen LogP contribution in [0.25, 0.3) is 0 Å². The standard InChI is InChI=1S/C35H62N2O5/c1-24(2)18-28(23-36-30(21-27-16-12-9-13-17-27)33(40)32(39)19-25(3)4)22-31(38)29(20-26-14-10-8-11-15-26)37-34(41)42-35(5,6)7/h8,10-11,14-15,24-25,27-33,36,38-40H,9,12-13,16-23H2,1-7H3,(H,37,41)/t28-,29+,30+,31-,32+,33-/m1/s1. The molecule has 1 aliphatic rings. The van der Waals surface area contributed by atoms with E-state index in [0.29, 0.717) is 43.6 Å². The molecule has 0 saturated heterocycles. The number of aliphatic hydroxyl groups is 3. The zero-order valence-electron chi connectivity index (χ0n) is 27.5. The van der Waals surface area contributed by atoms with E-state index >= 15 is 0 Å². The van der Waals surface area contributed by atoms with Gasteiger partial charge in [0.25, 0.3) is 0 Å². The van der Waals surface area contributed by atoms with Gasteiger partial charge in [0.2, 0.25) is 0 Å². The van der Waals surface area contributed by atoms with Crippen molar-refractivity contribution in [1.29, 1.82) is 0 Å². The van der Waals surface area contributed by atoms with Crippen molar-refractivity contribution in [1.82, 2.24) is 10.6 Å². The fraction of sp³-hybridized carbons (Fsp3) is 0.800. The number of amides is 1. The molecule has 1 amide bonds. The van der Waals surface area contributed by atoms with Crippen LogP contribution in [0.5, 0.6) is 0 Å². The van der Waals surface area contributed by atoms with Crippen LogP contribution in [0.3, 0.4) is 0 Å². The number of ether oxygens (including phenoxy) is 1. The van der Waals surface area contributed by atoms with Crippen molar-refractivity contribution >= 4 is 6.09 Å². The molecule has 1 fully saturated rings. The number of alkyl carbamates (subject to hydrolysis) is 1. The van der Waals surface area contributed by atoms with E-state index in [1.165, 1.54) is 32.1 Å². The van der Waals surface area contributed by atoms with Gasteiger partial charge in [0.1, 0.15) is 5.60 Å². The van der Waals surface area contributed by atoms with Crippen molar-refractivity contribution in [3.8, 4) is 0 Å². The Labute approximate surface area is 256 Å². The minimum absolute atomic E-state index is 0.127. The third-order valence-electron chi connectivity index (χ3n) is 8.34. The zero-order chi connectivity index (χ0) is 31.3. The maximum absolute atomic E-state index is 12.7. The molecule has 7 nitrogen and oxygen atoms in total. The fourth-order valence-electron chi connectivity index (χ4n) is 6.38. The Balaban J connectivity index is 2.16. The van der Waals surface area contributed by atoms with E-state index < -0.39 is 36.0 Å². The summed E-state index contributed by atoms with van der Waals surface area (Å²) in [5, 5.41) is 40.2. The van der Waals surface area contributed by atoms with Crippen LogP contribution >= 0.6 is 0 Å². The number of nitrogens with one attached hydrogen (secondary N) is 2. The Kier molecular flexibility index (Phi) is 15.8. The number of carbonyl (C=O) groups is 1. The SMILES string of the molecule is CC(C)C[C@@H](CN[C@@H](CC1CCCCC1)[C@@H](O)[C@@H](O)CC(C)C)C[C@@H](O)[C@H](Cc1ccccc1)NC(=O)OC(C)(C)C. The summed E-state index contributed by atoms with van der Waals surface area (Å²) in [4.78, 5) is 12.7. The van der Waals surface area contributed by atoms with Crippen LogP contribution in [0.4, 0.5) is 4.79 Å². The quantitative estimate of drug-likeness (QED) is 0.147. The number of rotatable bonds is 17. The molecule has 1 aliphatic carbocycles. The highest BCUT2D eigenvalue weighted by Crippen LogP contribution is 2.29. The molecule has 5 N–H and O–H groups in total. The largest absolute Gasteiger partial charge is 0.444 e. The van der Waals surface area contributed by atoms with Crippen molar-refractivity contribution in [2.45, 2.75) is 149 Å². The van der Waals surface area contributed by atoms with Gasteiger partial charge in [-0.05, 0) is 88.7 Å². The summed E-state index contributed by atoms with van der Waals surface area (Å²) in [5.41, 5.74) is 0.399. The molecule has 7 heteroatoms. The van der Waals surface area contributed by atoms with Crippen LogP contribution in [-0.4, -0.2) is 64.0 Å². The molecule has 2 rings (SSSR count). The minimum Gasteiger partial charge on any atom is -0.444 e. The van der Waals surface area contributed by atoms with Crippen LogP contribution < -0.4 is 10.6 Å². The third-order valence-corrected chi connectivity index (χ3v) is 8.34. The Morgan fingerprint density at radius 3 is 2.07 bits per heavy atom. The monoisotopic (exact) mass is 590 g/mol. The molecule has 0 heterocycles. The van der Waals surface area contributed by atoms with Crippen LogP contribution in [-0.2, 0) is 11.2 Å². The second kappa shape index (κ2) is 18.2. The first-order valence-corrected chi connectivity index (χ1v) is 16.5. The normalized spacial score (nSPS) is 19.2. The average molecular weight is 591 g/mol. The van der Waals surface area contributed by atoms with E-state index in [9.17, 15) is 20.1 Å². The predicted molar refractivity (Wildman–Crippen MR) is 171 cm³/mol. The van der Waals surface area contributed by atoms with Gasteiger partial charge in [-0.25, -0.2) is 4.79 Å². The summed E-state index contributed by atoms with van der Waals surface area (Å²) in [5.74, 6) is 1.40. The molecule has 6 atom stereocenters. The lowest BCUT2D eigenvalue weighted by Gasteiger charge is -2.35. The summed E-state index contributed by atoms with van der Waals surface area (Å²) in [6.07, 6.45) is 6.49. The highest BCUT2D eigenvalue weighted by molar-refractivity contribution is 5.68. The van der Waals surface area contributed by atoms with Gasteiger partial charge in [-0.15, -0.1) is 0 Å². The average Bonchev–Trinajstić information content (AvgIpc) is 2.89. The first kappa shape index (κ1) is 36.5. The van der Waals surface area contributed by atoms with Gasteiger partial charge in [-0.3, -0.25) is 0 Å². The van der Waals surface area contributed by atoms with Crippen LogP contribution in [0.15, 0.2) is 30.3 Å². The Hall–Kier alpha value is -1.67. The van der Waals surface area contributed by atoms with Crippen molar-refractivity contribution in [2.24, 2.45) is 23.7 Å². The Morgan fingerprint density at radius 1 is 0.881 bits per heavy atom. The summed E-state index contributed by atoms with van der Waals surface area (Å²) >= 11 is 0. The van der Waals surface area contributed by atoms with Gasteiger partial charge in [-0.2, -0.15) is 0 Å². The number of hydrogen-bond acceptors (Lipinski definition) is 6. The predicted octanol–water partition coefficient (Wildman–Crippen LogP) is 6.23. The second-order valence-electron chi connectivity index (χ2n) is 14.7. The molecule has 0 radical (unpaired) electrons. The third kappa shape index (κ3) is 14.7. The molecule has 42 heavy (non-hydrogen) atoms. The van der Waals surface area contributed by atoms with E-state index in [2.05, 4.69) is 38.3 Å². The molecule has 0 aromatic heterocycles. The first-order chi connectivity index (χ1) is 19.7. The lowest BCUT2D eigenvalue weighted by atomic mass is 9.82. The minimum atomic E-state index is -0.835. The smallest absolute Gasteiger partial charge is 0.407 e. The molecule has 1 aromatic rings. The number of hydrogen-bond donors (Lipinski definition) is 5. The van der Waals surface area contributed by atoms with E-state index in [0.717, 1.165) is 18.4 Å². The van der Waals surface area contributed by atoms with Crippen molar-refractivity contribution in [3.63, 3.8) is 0 Å². The summed E-state index contributed by atoms with van der Waals surface area (Å²) < 4.78 is 5.53. The van der Waals surface area contributed by atoms with E-state index in [-0.39, 0.29) is 12.0 Å². The molecule has 0 unspecified atom stereocenters. The molecule has 0 spiro atoms. The van der Waals surface area contributed by atoms with Gasteiger partial charge in [0.15, 0.2) is 0 Å². The van der Waals surface area contributed by atoms with Gasteiger partial charge in [0.05, 0.1) is 24.4 Å². The van der Waals surface area contributed by atoms with E-state index in [1.54, 1.807) is 0 Å². The van der Waals surface area contributed by atoms with E-state index in [4.69, 9.17) is 4.74 Å². The highest BCUT2D eigenvalue weighted by atomic mass is 16.6. The molecule has 0 aliphatic heterocycles. The van der Waals surface area contributed by atoms with Crippen molar-refractivity contribution in [2.75, 3.05) is 6.54 Å². The topological polar surface area (TPSA) is 111 Å². The molecule has 242 valence electrons. The lowest BCUT2D eigenvalue weighted by Crippen LogP contribution is -2.50. The van der Waals surface area contributed by atoms with Crippen LogP contribution in [0.1, 0.15) is 112 Å². The maximum atomic E-state index is 12.7. The van der Waals surface area contributed by atoms with Crippen molar-refractivity contribution in [3.05, 3.63) is 35.9 Å². The van der Waals surface area contributed by atoms with Gasteiger partial charge in [0, 0.05) is 6.04 Å². The zero-order valence-corrected chi connectivity index (χ0v) is 27.5. The first-order valence-electron chi connectivity index (χ1n) is 16.5. The van der Waals surface area contributed by atoms with Crippen LogP contribution in [0, 0.1) is 23.7 Å². The van der Waals surface area contributed by atoms with Crippen LogP contribution in [0.2, 0.25) is 0 Å². The number of aliphatic hydroxyl groups excluding tert-OH is 3. The molecule has 0 bridgehead atoms. The van der Waals surface area contributed by atoms with Gasteiger partial charge >= 0.3 is 6.09 Å². The number of carbonyl (C=O) groups excluding carboxylic acids is 1. The Bertz CT molecular complexity index is 866. The fourth-order valence-corrected chi connectivity index (χ4v) is 6.38. The molecule has 1 aromatic carbocycles. The van der Waals surface area contributed by atoms with E-state index in [1.807, 2.05) is 51.1 Å². The second-order valence-corrected chi connectivity index (χ2v) is 14.7. The summed E-state index contributed by atoms with van der Waals surface area (Å²) in [7, 11) is 0. The summed E-state index contributed by atoms with van der Waals surface area (Å²) in [6.45, 7) is 14.6. The Morgan fingerprint density at radius 2 is 1.50 bits per heavy atom. The molecular weight excluding hydrogens is 528 g/mol. The lowest BCUT2D eigenvalue weighted by molar-refractivity contribution is -0.0213. The highest BCUT2D eigenvalue weighted by Gasteiger charge is 2.32. The van der Waals surface area contributed by atoms with Crippen molar-refractivity contribution < 1.29 is 24.9 Å². The van der Waals surface area contributed by atoms with Gasteiger partial charge < -0.3 is 30.7 Å². The summed E-state index contributed by atoms with van der Waals surface area (Å²) in [6, 6.07) is 9.18. The number of benzene rings is 1.